The molecule has 0 spiro atoms. The van der Waals surface area contributed by atoms with Crippen LogP contribution < -0.4 is 21.1 Å². The Morgan fingerprint density at radius 1 is 0.985 bits per heavy atom. The van der Waals surface area contributed by atoms with Crippen LogP contribution in [-0.4, -0.2) is 66.0 Å². The standard InChI is InChI=1S/C42H40BClF8N8O4S/c1-19-11-25-33(36(49)50)55-59(35(25)42(19,51)52)18-31(61)53-28(14-20-12-22(45)16-23(46)13-20)38-54-27-15-21(43-63-40(2,3)41(4,5)64-43)7-8-24(27)39(62)60(38)29-10-9-26(44)32-34(29)58(17-30(47)48)56-37(32)57-65-6/h7-10,12-13,15-16,19,28,30,36H,11,14,17-18H2,1-6H3,(H,53,61)(H,56,57). The van der Waals surface area contributed by atoms with Gasteiger partial charge in [0.2, 0.25) is 5.91 Å². The van der Waals surface area contributed by atoms with Crippen molar-refractivity contribution in [3.63, 3.8) is 0 Å². The van der Waals surface area contributed by atoms with Gasteiger partial charge in [-0.3, -0.25) is 23.5 Å². The first-order valence-electron chi connectivity index (χ1n) is 20.2. The van der Waals surface area contributed by atoms with Gasteiger partial charge in [-0.25, -0.2) is 31.3 Å². The summed E-state index contributed by atoms with van der Waals surface area (Å²) in [6.07, 6.45) is -5.49. The number of fused-ring (bicyclic) bond motifs is 3. The molecule has 0 radical (unpaired) electrons. The molecule has 6 aromatic rings. The number of hydrogen-bond acceptors (Lipinski definition) is 9. The minimum atomic E-state index is -3.64. The number of amides is 1. The molecular weight excluding hydrogens is 911 g/mol. The molecule has 0 bridgehead atoms. The number of nitrogens with one attached hydrogen (secondary N) is 2. The van der Waals surface area contributed by atoms with Crippen LogP contribution in [0.3, 0.4) is 0 Å². The normalized spacial score (nSPS) is 18.0. The van der Waals surface area contributed by atoms with Crippen LogP contribution in [0.4, 0.5) is 40.9 Å². The molecule has 3 aromatic heterocycles. The van der Waals surface area contributed by atoms with Gasteiger partial charge in [-0.05, 0) is 81.5 Å². The van der Waals surface area contributed by atoms with E-state index in [1.165, 1.54) is 31.2 Å². The quantitative estimate of drug-likeness (QED) is 0.0666. The summed E-state index contributed by atoms with van der Waals surface area (Å²) in [5, 5.41) is 10.8. The molecule has 2 unspecified atom stereocenters. The van der Waals surface area contributed by atoms with Gasteiger partial charge in [0.1, 0.15) is 41.9 Å². The highest BCUT2D eigenvalue weighted by Crippen LogP contribution is 2.48. The fourth-order valence-electron chi connectivity index (χ4n) is 8.28. The van der Waals surface area contributed by atoms with Crippen LogP contribution >= 0.6 is 23.5 Å². The molecule has 4 heterocycles. The Kier molecular flexibility index (Phi) is 12.1. The Bertz CT molecular complexity index is 2890. The lowest BCUT2D eigenvalue weighted by Crippen LogP contribution is -2.41. The van der Waals surface area contributed by atoms with Gasteiger partial charge in [0.15, 0.2) is 5.82 Å². The summed E-state index contributed by atoms with van der Waals surface area (Å²) >= 11 is 7.76. The zero-order chi connectivity index (χ0) is 47.1. The maximum Gasteiger partial charge on any atom is 0.494 e. The van der Waals surface area contributed by atoms with Crippen molar-refractivity contribution in [2.75, 3.05) is 11.0 Å². The van der Waals surface area contributed by atoms with E-state index in [0.29, 0.717) is 16.2 Å². The third-order valence-corrected chi connectivity index (χ3v) is 12.8. The van der Waals surface area contributed by atoms with Crippen LogP contribution in [-0.2, 0) is 46.0 Å². The number of carbonyl (C=O) groups excluding carboxylic acids is 1. The van der Waals surface area contributed by atoms with Crippen molar-refractivity contribution in [1.82, 2.24) is 34.4 Å². The molecule has 0 saturated carbocycles. The molecule has 1 fully saturated rings. The molecule has 2 N–H and O–H groups in total. The summed E-state index contributed by atoms with van der Waals surface area (Å²) in [6.45, 7) is 6.53. The van der Waals surface area contributed by atoms with E-state index in [1.807, 2.05) is 27.7 Å². The Labute approximate surface area is 375 Å². The number of aromatic nitrogens is 6. The molecule has 65 heavy (non-hydrogen) atoms. The second kappa shape index (κ2) is 16.9. The van der Waals surface area contributed by atoms with Gasteiger partial charge in [-0.2, -0.15) is 19.0 Å². The van der Waals surface area contributed by atoms with E-state index >= 15 is 13.6 Å². The number of benzene rings is 3. The van der Waals surface area contributed by atoms with Crippen LogP contribution in [0.15, 0.2) is 53.3 Å². The first kappa shape index (κ1) is 46.3. The number of nitrogens with zero attached hydrogens (tertiary/aromatic N) is 6. The van der Waals surface area contributed by atoms with Crippen molar-refractivity contribution >= 4 is 69.7 Å². The van der Waals surface area contributed by atoms with E-state index in [1.54, 1.807) is 12.3 Å². The lowest BCUT2D eigenvalue weighted by molar-refractivity contribution is -0.123. The largest absolute Gasteiger partial charge is 0.494 e. The fourth-order valence-corrected chi connectivity index (χ4v) is 8.86. The molecule has 1 aliphatic carbocycles. The lowest BCUT2D eigenvalue weighted by atomic mass is 9.79. The first-order chi connectivity index (χ1) is 30.5. The average molecular weight is 951 g/mol. The zero-order valence-electron chi connectivity index (χ0n) is 35.5. The molecule has 8 rings (SSSR count). The van der Waals surface area contributed by atoms with Crippen LogP contribution in [0.25, 0.3) is 27.5 Å². The Morgan fingerprint density at radius 3 is 2.29 bits per heavy atom. The lowest BCUT2D eigenvalue weighted by Gasteiger charge is -2.32. The summed E-state index contributed by atoms with van der Waals surface area (Å²) < 4.78 is 135. The fraction of sp³-hybridized carbons (Fsp3) is 0.405. The summed E-state index contributed by atoms with van der Waals surface area (Å²) in [7, 11) is -0.945. The molecule has 2 atom stereocenters. The predicted octanol–water partition coefficient (Wildman–Crippen LogP) is 8.44. The molecule has 23 heteroatoms. The Morgan fingerprint density at radius 2 is 1.66 bits per heavy atom. The van der Waals surface area contributed by atoms with Crippen LogP contribution in [0.1, 0.15) is 75.4 Å². The maximum atomic E-state index is 15.5. The number of halogens is 9. The maximum absolute atomic E-state index is 15.5. The second-order valence-electron chi connectivity index (χ2n) is 17.0. The number of carbonyl (C=O) groups is 1. The van der Waals surface area contributed by atoms with E-state index in [-0.39, 0.29) is 55.3 Å². The van der Waals surface area contributed by atoms with E-state index < -0.39 is 109 Å². The second-order valence-corrected chi connectivity index (χ2v) is 18.0. The van der Waals surface area contributed by atoms with E-state index in [2.05, 4.69) is 20.2 Å². The molecule has 1 amide bonds. The van der Waals surface area contributed by atoms with Gasteiger partial charge in [0, 0.05) is 30.2 Å². The minimum Gasteiger partial charge on any atom is -0.399 e. The van der Waals surface area contributed by atoms with Crippen molar-refractivity contribution < 1.29 is 49.2 Å². The van der Waals surface area contributed by atoms with E-state index in [9.17, 15) is 31.1 Å². The van der Waals surface area contributed by atoms with Gasteiger partial charge in [0.05, 0.1) is 49.8 Å². The van der Waals surface area contributed by atoms with Crippen molar-refractivity contribution in [2.24, 2.45) is 5.92 Å². The number of anilines is 1. The van der Waals surface area contributed by atoms with Gasteiger partial charge in [-0.1, -0.05) is 36.5 Å². The van der Waals surface area contributed by atoms with Crippen molar-refractivity contribution in [3.8, 4) is 5.69 Å². The van der Waals surface area contributed by atoms with Crippen LogP contribution in [0.5, 0.6) is 0 Å². The predicted molar refractivity (Wildman–Crippen MR) is 229 cm³/mol. The van der Waals surface area contributed by atoms with E-state index in [0.717, 1.165) is 33.3 Å². The minimum absolute atomic E-state index is 0.00858. The zero-order valence-corrected chi connectivity index (χ0v) is 37.0. The molecule has 2 aliphatic rings. The summed E-state index contributed by atoms with van der Waals surface area (Å²) in [5.41, 5.74) is -4.35. The Hall–Kier alpha value is -5.19. The first-order valence-corrected chi connectivity index (χ1v) is 21.8. The van der Waals surface area contributed by atoms with Gasteiger partial charge >= 0.3 is 7.12 Å². The van der Waals surface area contributed by atoms with Crippen molar-refractivity contribution in [2.45, 2.75) is 96.6 Å². The molecule has 3 aromatic carbocycles. The average Bonchev–Trinajstić information content (AvgIpc) is 3.88. The highest BCUT2D eigenvalue weighted by atomic mass is 35.5. The molecule has 1 saturated heterocycles. The molecular formula is C42H40BClF8N8O4S. The number of alkyl halides is 6. The van der Waals surface area contributed by atoms with Gasteiger partial charge < -0.3 is 19.3 Å². The van der Waals surface area contributed by atoms with Crippen molar-refractivity contribution in [1.29, 1.82) is 0 Å². The smallest absolute Gasteiger partial charge is 0.399 e. The highest BCUT2D eigenvalue weighted by Gasteiger charge is 2.53. The number of hydrogen-bond donors (Lipinski definition) is 2. The topological polar surface area (TPSA) is 130 Å². The van der Waals surface area contributed by atoms with Gasteiger partial charge in [0.25, 0.3) is 24.3 Å². The SMILES string of the molecule is CSNc1nn(CC(F)F)c2c(-n3c(C(Cc4cc(F)cc(F)c4)NC(=O)Cn4nc(C(F)F)c5c4C(F)(F)C(C)C5)nc4cc(B5OC(C)(C)C(C)(C)O5)ccc4c3=O)ccc(Cl)c12. The summed E-state index contributed by atoms with van der Waals surface area (Å²) in [6, 6.07) is 8.19. The van der Waals surface area contributed by atoms with Crippen LogP contribution in [0, 0.1) is 17.6 Å². The summed E-state index contributed by atoms with van der Waals surface area (Å²) in [4.78, 5) is 34.2. The van der Waals surface area contributed by atoms with Gasteiger partial charge in [-0.15, -0.1) is 0 Å². The third kappa shape index (κ3) is 8.35. The van der Waals surface area contributed by atoms with E-state index in [4.69, 9.17) is 25.9 Å². The third-order valence-electron chi connectivity index (χ3n) is 12.1. The molecule has 344 valence electrons. The monoisotopic (exact) mass is 950 g/mol. The summed E-state index contributed by atoms with van der Waals surface area (Å²) in [5.74, 6) is -8.42. The Balaban J connectivity index is 1.36. The number of rotatable bonds is 13. The molecule has 1 aliphatic heterocycles. The van der Waals surface area contributed by atoms with Crippen molar-refractivity contribution in [3.05, 3.63) is 104 Å². The van der Waals surface area contributed by atoms with Crippen LogP contribution in [0.2, 0.25) is 5.02 Å². The molecule has 12 nitrogen and oxygen atoms in total. The highest BCUT2D eigenvalue weighted by molar-refractivity contribution is 7.99.